The molecule has 0 atom stereocenters. The second-order valence-electron chi connectivity index (χ2n) is 7.18. The summed E-state index contributed by atoms with van der Waals surface area (Å²) in [5, 5.41) is 3.46. The Morgan fingerprint density at radius 2 is 1.78 bits per heavy atom. The van der Waals surface area contributed by atoms with Crippen molar-refractivity contribution in [3.63, 3.8) is 0 Å². The van der Waals surface area contributed by atoms with Gasteiger partial charge in [0.2, 0.25) is 15.9 Å². The number of fused-ring (bicyclic) bond motifs is 1. The summed E-state index contributed by atoms with van der Waals surface area (Å²) < 4.78 is 42.0. The van der Waals surface area contributed by atoms with Gasteiger partial charge in [-0.1, -0.05) is 30.3 Å². The number of amides is 1. The van der Waals surface area contributed by atoms with E-state index in [1.165, 1.54) is 41.7 Å². The summed E-state index contributed by atoms with van der Waals surface area (Å²) in [5.41, 5.74) is 1.87. The molecule has 0 radical (unpaired) electrons. The van der Waals surface area contributed by atoms with Crippen molar-refractivity contribution in [1.29, 1.82) is 0 Å². The molecular weight excluding hydrogens is 449 g/mol. The van der Waals surface area contributed by atoms with Crippen molar-refractivity contribution in [2.45, 2.75) is 18.4 Å². The van der Waals surface area contributed by atoms with E-state index in [9.17, 15) is 17.6 Å². The number of anilines is 1. The second-order valence-corrected chi connectivity index (χ2v) is 10.3. The van der Waals surface area contributed by atoms with Crippen LogP contribution in [0.5, 0.6) is 0 Å². The number of aryl methyl sites for hydroxylation is 1. The Morgan fingerprint density at radius 3 is 2.50 bits per heavy atom. The van der Waals surface area contributed by atoms with Crippen molar-refractivity contribution >= 4 is 43.2 Å². The quantitative estimate of drug-likeness (QED) is 0.430. The van der Waals surface area contributed by atoms with Gasteiger partial charge in [0.05, 0.1) is 26.7 Å². The van der Waals surface area contributed by atoms with Crippen LogP contribution in [0, 0.1) is 12.7 Å². The van der Waals surface area contributed by atoms with E-state index in [4.69, 9.17) is 0 Å². The Morgan fingerprint density at radius 1 is 1.06 bits per heavy atom. The van der Waals surface area contributed by atoms with Gasteiger partial charge >= 0.3 is 0 Å². The molecular formula is C23H20FN3O3S2. The number of benzene rings is 3. The van der Waals surface area contributed by atoms with Gasteiger partial charge in [-0.05, 0) is 55.0 Å². The Bertz CT molecular complexity index is 1350. The van der Waals surface area contributed by atoms with Gasteiger partial charge < -0.3 is 5.32 Å². The SMILES string of the molecule is Cc1nc2ccc(S(=O)(=O)N(CC(=O)Nc3ccc(F)cc3)Cc3ccccc3)cc2s1. The van der Waals surface area contributed by atoms with Crippen molar-refractivity contribution in [2.75, 3.05) is 11.9 Å². The summed E-state index contributed by atoms with van der Waals surface area (Å²) in [4.78, 5) is 17.1. The third kappa shape index (κ3) is 5.01. The lowest BCUT2D eigenvalue weighted by molar-refractivity contribution is -0.116. The van der Waals surface area contributed by atoms with Crippen molar-refractivity contribution in [1.82, 2.24) is 9.29 Å². The molecule has 6 nitrogen and oxygen atoms in total. The number of aromatic nitrogens is 1. The minimum atomic E-state index is -3.98. The number of nitrogens with zero attached hydrogens (tertiary/aromatic N) is 2. The normalized spacial score (nSPS) is 11.7. The zero-order valence-electron chi connectivity index (χ0n) is 17.2. The number of carbonyl (C=O) groups is 1. The molecule has 32 heavy (non-hydrogen) atoms. The first-order valence-electron chi connectivity index (χ1n) is 9.78. The minimum absolute atomic E-state index is 0.0275. The average Bonchev–Trinajstić information content (AvgIpc) is 3.15. The molecule has 0 bridgehead atoms. The summed E-state index contributed by atoms with van der Waals surface area (Å²) in [6.07, 6.45) is 0. The fraction of sp³-hybridized carbons (Fsp3) is 0.130. The van der Waals surface area contributed by atoms with Gasteiger partial charge in [-0.25, -0.2) is 17.8 Å². The Kier molecular flexibility index (Phi) is 6.31. The van der Waals surface area contributed by atoms with Crippen LogP contribution in [0.4, 0.5) is 10.1 Å². The van der Waals surface area contributed by atoms with Crippen LogP contribution in [-0.4, -0.2) is 30.2 Å². The number of thiazole rings is 1. The van der Waals surface area contributed by atoms with Gasteiger partial charge in [-0.15, -0.1) is 11.3 Å². The molecule has 0 aliphatic rings. The Balaban J connectivity index is 1.63. The van der Waals surface area contributed by atoms with Gasteiger partial charge in [0.25, 0.3) is 0 Å². The third-order valence-corrected chi connectivity index (χ3v) is 7.48. The van der Waals surface area contributed by atoms with Crippen LogP contribution in [0.3, 0.4) is 0 Å². The van der Waals surface area contributed by atoms with Gasteiger partial charge in [0, 0.05) is 12.2 Å². The van der Waals surface area contributed by atoms with E-state index >= 15 is 0 Å². The fourth-order valence-electron chi connectivity index (χ4n) is 3.24. The van der Waals surface area contributed by atoms with E-state index in [1.54, 1.807) is 24.3 Å². The van der Waals surface area contributed by atoms with E-state index in [-0.39, 0.29) is 11.4 Å². The summed E-state index contributed by atoms with van der Waals surface area (Å²) in [6.45, 7) is 1.49. The highest BCUT2D eigenvalue weighted by molar-refractivity contribution is 7.89. The molecule has 164 valence electrons. The molecule has 1 heterocycles. The van der Waals surface area contributed by atoms with Crippen molar-refractivity contribution in [2.24, 2.45) is 0 Å². The van der Waals surface area contributed by atoms with E-state index in [0.717, 1.165) is 25.1 Å². The van der Waals surface area contributed by atoms with Crippen LogP contribution in [-0.2, 0) is 21.4 Å². The molecule has 0 unspecified atom stereocenters. The molecule has 0 aliphatic heterocycles. The molecule has 3 aromatic carbocycles. The molecule has 0 aliphatic carbocycles. The number of nitrogens with one attached hydrogen (secondary N) is 1. The number of carbonyl (C=O) groups excluding carboxylic acids is 1. The number of rotatable bonds is 7. The number of halogens is 1. The van der Waals surface area contributed by atoms with Crippen molar-refractivity contribution in [3.05, 3.63) is 89.2 Å². The molecule has 0 fully saturated rings. The van der Waals surface area contributed by atoms with Gasteiger partial charge in [-0.3, -0.25) is 4.79 Å². The summed E-state index contributed by atoms with van der Waals surface area (Å²) in [5.74, 6) is -0.948. The second kappa shape index (κ2) is 9.15. The third-order valence-electron chi connectivity index (χ3n) is 4.75. The topological polar surface area (TPSA) is 79.4 Å². The summed E-state index contributed by atoms with van der Waals surface area (Å²) in [7, 11) is -3.98. The largest absolute Gasteiger partial charge is 0.325 e. The smallest absolute Gasteiger partial charge is 0.243 e. The fourth-order valence-corrected chi connectivity index (χ4v) is 5.59. The highest BCUT2D eigenvalue weighted by atomic mass is 32.2. The molecule has 4 aromatic rings. The van der Waals surface area contributed by atoms with Crippen LogP contribution < -0.4 is 5.32 Å². The van der Waals surface area contributed by atoms with Crippen LogP contribution in [0.25, 0.3) is 10.2 Å². The molecule has 4 rings (SSSR count). The van der Waals surface area contributed by atoms with Crippen LogP contribution in [0.1, 0.15) is 10.6 Å². The highest BCUT2D eigenvalue weighted by Gasteiger charge is 2.27. The molecule has 1 N–H and O–H groups in total. The zero-order valence-corrected chi connectivity index (χ0v) is 18.8. The van der Waals surface area contributed by atoms with Crippen molar-refractivity contribution in [3.8, 4) is 0 Å². The van der Waals surface area contributed by atoms with E-state index in [1.807, 2.05) is 25.1 Å². The van der Waals surface area contributed by atoms with Gasteiger partial charge in [0.15, 0.2) is 0 Å². The first kappa shape index (κ1) is 22.1. The van der Waals surface area contributed by atoms with Gasteiger partial charge in [0.1, 0.15) is 5.82 Å². The van der Waals surface area contributed by atoms with Crippen LogP contribution >= 0.6 is 11.3 Å². The highest BCUT2D eigenvalue weighted by Crippen LogP contribution is 2.27. The lowest BCUT2D eigenvalue weighted by Gasteiger charge is -2.22. The first-order valence-corrected chi connectivity index (χ1v) is 12.0. The van der Waals surface area contributed by atoms with Crippen LogP contribution in [0.2, 0.25) is 0 Å². The zero-order chi connectivity index (χ0) is 22.7. The molecule has 0 saturated heterocycles. The van der Waals surface area contributed by atoms with E-state index in [0.29, 0.717) is 5.69 Å². The summed E-state index contributed by atoms with van der Waals surface area (Å²) in [6, 6.07) is 19.1. The maximum absolute atomic E-state index is 13.5. The first-order chi connectivity index (χ1) is 15.3. The van der Waals surface area contributed by atoms with Gasteiger partial charge in [-0.2, -0.15) is 4.31 Å². The number of hydrogen-bond acceptors (Lipinski definition) is 5. The monoisotopic (exact) mass is 469 g/mol. The number of sulfonamides is 1. The maximum atomic E-state index is 13.5. The number of hydrogen-bond donors (Lipinski definition) is 1. The molecule has 1 aromatic heterocycles. The maximum Gasteiger partial charge on any atom is 0.243 e. The van der Waals surface area contributed by atoms with E-state index in [2.05, 4.69) is 10.3 Å². The predicted octanol–water partition coefficient (Wildman–Crippen LogP) is 4.57. The molecule has 1 amide bonds. The molecule has 9 heteroatoms. The average molecular weight is 470 g/mol. The lowest BCUT2D eigenvalue weighted by Crippen LogP contribution is -2.37. The Labute approximate surface area is 189 Å². The predicted molar refractivity (Wildman–Crippen MR) is 123 cm³/mol. The molecule has 0 saturated carbocycles. The lowest BCUT2D eigenvalue weighted by atomic mass is 10.2. The molecule has 0 spiro atoms. The van der Waals surface area contributed by atoms with Crippen LogP contribution in [0.15, 0.2) is 77.7 Å². The van der Waals surface area contributed by atoms with E-state index < -0.39 is 28.3 Å². The standard InChI is InChI=1S/C23H20FN3O3S2/c1-16-25-21-12-11-20(13-22(21)31-16)32(29,30)27(14-17-5-3-2-4-6-17)15-23(28)26-19-9-7-18(24)8-10-19/h2-13H,14-15H2,1H3,(H,26,28). The Hall–Kier alpha value is -3.14. The minimum Gasteiger partial charge on any atom is -0.325 e. The summed E-state index contributed by atoms with van der Waals surface area (Å²) >= 11 is 1.41. The van der Waals surface area contributed by atoms with Crippen molar-refractivity contribution < 1.29 is 17.6 Å².